The van der Waals surface area contributed by atoms with Gasteiger partial charge in [0.15, 0.2) is 0 Å². The van der Waals surface area contributed by atoms with Crippen molar-refractivity contribution >= 4 is 10.0 Å². The molecule has 0 N–H and O–H groups in total. The molecule has 0 radical (unpaired) electrons. The molecule has 2 aromatic rings. The van der Waals surface area contributed by atoms with Crippen LogP contribution < -0.4 is 0 Å². The molecule has 24 heavy (non-hydrogen) atoms. The molecule has 1 aliphatic heterocycles. The number of morpholine rings is 1. The fourth-order valence-electron chi connectivity index (χ4n) is 3.22. The molecule has 1 heterocycles. The summed E-state index contributed by atoms with van der Waals surface area (Å²) in [6.07, 6.45) is 0.468. The van der Waals surface area contributed by atoms with Crippen molar-refractivity contribution in [3.05, 3.63) is 65.7 Å². The van der Waals surface area contributed by atoms with Crippen molar-refractivity contribution in [1.82, 2.24) is 4.31 Å². The van der Waals surface area contributed by atoms with Gasteiger partial charge in [-0.15, -0.1) is 0 Å². The van der Waals surface area contributed by atoms with Crippen LogP contribution in [0.25, 0.3) is 0 Å². The van der Waals surface area contributed by atoms with Crippen LogP contribution in [-0.4, -0.2) is 31.9 Å². The molecule has 128 valence electrons. The summed E-state index contributed by atoms with van der Waals surface area (Å²) in [5.41, 5.74) is 2.07. The maximum absolute atomic E-state index is 13.1. The highest BCUT2D eigenvalue weighted by Crippen LogP contribution is 2.33. The average Bonchev–Trinajstić information content (AvgIpc) is 2.62. The quantitative estimate of drug-likeness (QED) is 0.851. The van der Waals surface area contributed by atoms with E-state index in [0.717, 1.165) is 11.1 Å². The Morgan fingerprint density at radius 1 is 1.08 bits per heavy atom. The monoisotopic (exact) mass is 345 g/mol. The van der Waals surface area contributed by atoms with Gasteiger partial charge in [0.1, 0.15) is 0 Å². The lowest BCUT2D eigenvalue weighted by molar-refractivity contribution is -0.0432. The number of nitrogens with zero attached hydrogens (tertiary/aromatic N) is 1. The van der Waals surface area contributed by atoms with Crippen LogP contribution in [-0.2, 0) is 14.8 Å². The average molecular weight is 345 g/mol. The molecular formula is C19H23NO3S. The van der Waals surface area contributed by atoms with E-state index in [2.05, 4.69) is 0 Å². The minimum Gasteiger partial charge on any atom is -0.370 e. The van der Waals surface area contributed by atoms with E-state index in [0.29, 0.717) is 24.5 Å². The second kappa shape index (κ2) is 7.05. The zero-order valence-corrected chi connectivity index (χ0v) is 14.9. The van der Waals surface area contributed by atoms with E-state index in [9.17, 15) is 8.42 Å². The van der Waals surface area contributed by atoms with E-state index in [1.807, 2.05) is 56.3 Å². The van der Waals surface area contributed by atoms with Gasteiger partial charge < -0.3 is 4.74 Å². The van der Waals surface area contributed by atoms with Crippen molar-refractivity contribution in [2.75, 3.05) is 13.2 Å². The van der Waals surface area contributed by atoms with Crippen LogP contribution in [0.2, 0.25) is 0 Å². The van der Waals surface area contributed by atoms with Gasteiger partial charge in [0.25, 0.3) is 0 Å². The predicted octanol–water partition coefficient (Wildman–Crippen LogP) is 3.54. The van der Waals surface area contributed by atoms with Crippen LogP contribution in [0.3, 0.4) is 0 Å². The van der Waals surface area contributed by atoms with Crippen LogP contribution in [0.1, 0.15) is 30.6 Å². The van der Waals surface area contributed by atoms with Crippen molar-refractivity contribution < 1.29 is 13.2 Å². The first-order valence-corrected chi connectivity index (χ1v) is 9.73. The molecule has 3 rings (SSSR count). The summed E-state index contributed by atoms with van der Waals surface area (Å²) in [6.45, 7) is 4.75. The highest BCUT2D eigenvalue weighted by molar-refractivity contribution is 7.89. The second-order valence-corrected chi connectivity index (χ2v) is 8.00. The normalized spacial score (nSPS) is 22.4. The van der Waals surface area contributed by atoms with E-state index < -0.39 is 10.0 Å². The second-order valence-electron chi connectivity index (χ2n) is 6.11. The van der Waals surface area contributed by atoms with E-state index in [1.54, 1.807) is 16.4 Å². The van der Waals surface area contributed by atoms with Gasteiger partial charge in [0.2, 0.25) is 10.0 Å². The summed E-state index contributed by atoms with van der Waals surface area (Å²) in [6, 6.07) is 16.7. The topological polar surface area (TPSA) is 46.6 Å². The Kier molecular flexibility index (Phi) is 5.04. The zero-order chi connectivity index (χ0) is 17.2. The minimum atomic E-state index is -3.53. The van der Waals surface area contributed by atoms with Crippen LogP contribution in [0, 0.1) is 6.92 Å². The molecular weight excluding hydrogens is 322 g/mol. The SMILES string of the molecule is CC[C@H]1[C@@H](c2ccccc2)OCCN1S(=O)(=O)c1ccc(C)cc1. The van der Waals surface area contributed by atoms with Gasteiger partial charge in [-0.1, -0.05) is 55.0 Å². The molecule has 0 bridgehead atoms. The summed E-state index contributed by atoms with van der Waals surface area (Å²) < 4.78 is 33.8. The van der Waals surface area contributed by atoms with Crippen molar-refractivity contribution in [3.8, 4) is 0 Å². The van der Waals surface area contributed by atoms with Crippen LogP contribution >= 0.6 is 0 Å². The van der Waals surface area contributed by atoms with Gasteiger partial charge in [-0.2, -0.15) is 4.31 Å². The summed E-state index contributed by atoms with van der Waals surface area (Å²) in [5, 5.41) is 0. The molecule has 0 amide bonds. The van der Waals surface area contributed by atoms with E-state index in [1.165, 1.54) is 0 Å². The number of hydrogen-bond acceptors (Lipinski definition) is 3. The molecule has 0 aromatic heterocycles. The van der Waals surface area contributed by atoms with Crippen LogP contribution in [0.15, 0.2) is 59.5 Å². The first-order valence-electron chi connectivity index (χ1n) is 8.29. The maximum Gasteiger partial charge on any atom is 0.243 e. The number of aryl methyl sites for hydroxylation is 1. The molecule has 0 aliphatic carbocycles. The third-order valence-electron chi connectivity index (χ3n) is 4.50. The Balaban J connectivity index is 1.95. The van der Waals surface area contributed by atoms with Crippen molar-refractivity contribution in [2.45, 2.75) is 37.3 Å². The third kappa shape index (κ3) is 3.24. The molecule has 0 unspecified atom stereocenters. The van der Waals surface area contributed by atoms with E-state index >= 15 is 0 Å². The van der Waals surface area contributed by atoms with Gasteiger partial charge in [0, 0.05) is 6.54 Å². The highest BCUT2D eigenvalue weighted by atomic mass is 32.2. The number of hydrogen-bond donors (Lipinski definition) is 0. The molecule has 1 saturated heterocycles. The van der Waals surface area contributed by atoms with Gasteiger partial charge in [-0.25, -0.2) is 8.42 Å². The lowest BCUT2D eigenvalue weighted by atomic mass is 9.99. The Morgan fingerprint density at radius 3 is 2.38 bits per heavy atom. The summed E-state index contributed by atoms with van der Waals surface area (Å²) in [7, 11) is -3.53. The standard InChI is InChI=1S/C19H23NO3S/c1-3-18-19(16-7-5-4-6-8-16)23-14-13-20(18)24(21,22)17-11-9-15(2)10-12-17/h4-12,18-19H,3,13-14H2,1-2H3/t18-,19+/m0/s1. The third-order valence-corrected chi connectivity index (χ3v) is 6.44. The van der Waals surface area contributed by atoms with Gasteiger partial charge in [-0.05, 0) is 31.0 Å². The van der Waals surface area contributed by atoms with Crippen LogP contribution in [0.4, 0.5) is 0 Å². The smallest absolute Gasteiger partial charge is 0.243 e. The molecule has 2 atom stereocenters. The highest BCUT2D eigenvalue weighted by Gasteiger charge is 2.39. The fourth-order valence-corrected chi connectivity index (χ4v) is 4.90. The zero-order valence-electron chi connectivity index (χ0n) is 14.1. The Morgan fingerprint density at radius 2 is 1.75 bits per heavy atom. The fraction of sp³-hybridized carbons (Fsp3) is 0.368. The van der Waals surface area contributed by atoms with Crippen LogP contribution in [0.5, 0.6) is 0 Å². The predicted molar refractivity (Wildman–Crippen MR) is 94.3 cm³/mol. The first-order chi connectivity index (χ1) is 11.5. The Bertz CT molecular complexity index is 772. The molecule has 2 aromatic carbocycles. The minimum absolute atomic E-state index is 0.201. The van der Waals surface area contributed by atoms with Gasteiger partial charge in [-0.3, -0.25) is 0 Å². The molecule has 0 spiro atoms. The van der Waals surface area contributed by atoms with Crippen molar-refractivity contribution in [1.29, 1.82) is 0 Å². The summed E-state index contributed by atoms with van der Waals surface area (Å²) >= 11 is 0. The number of sulfonamides is 1. The summed E-state index contributed by atoms with van der Waals surface area (Å²) in [5.74, 6) is 0. The molecule has 1 aliphatic rings. The summed E-state index contributed by atoms with van der Waals surface area (Å²) in [4.78, 5) is 0.347. The molecule has 4 nitrogen and oxygen atoms in total. The molecule has 1 fully saturated rings. The van der Waals surface area contributed by atoms with Gasteiger partial charge in [0.05, 0.1) is 23.6 Å². The lowest BCUT2D eigenvalue weighted by Gasteiger charge is -2.40. The number of rotatable bonds is 4. The van der Waals surface area contributed by atoms with E-state index in [-0.39, 0.29) is 12.1 Å². The van der Waals surface area contributed by atoms with Gasteiger partial charge >= 0.3 is 0 Å². The molecule has 5 heteroatoms. The molecule has 0 saturated carbocycles. The van der Waals surface area contributed by atoms with Crippen molar-refractivity contribution in [2.24, 2.45) is 0 Å². The van der Waals surface area contributed by atoms with Crippen molar-refractivity contribution in [3.63, 3.8) is 0 Å². The van der Waals surface area contributed by atoms with E-state index in [4.69, 9.17) is 4.74 Å². The largest absolute Gasteiger partial charge is 0.370 e. The Hall–Kier alpha value is -1.69. The Labute approximate surface area is 144 Å². The first kappa shape index (κ1) is 17.1. The lowest BCUT2D eigenvalue weighted by Crippen LogP contribution is -2.49. The number of benzene rings is 2. The number of ether oxygens (including phenoxy) is 1. The maximum atomic E-state index is 13.1.